The third kappa shape index (κ3) is 28.3. The zero-order valence-electron chi connectivity index (χ0n) is 38.5. The van der Waals surface area contributed by atoms with Crippen molar-refractivity contribution >= 4 is 11.9 Å². The molecule has 0 aliphatic carbocycles. The third-order valence-corrected chi connectivity index (χ3v) is 12.6. The molecule has 0 aromatic heterocycles. The second kappa shape index (κ2) is 38.0. The summed E-state index contributed by atoms with van der Waals surface area (Å²) in [6.07, 6.45) is 38.3. The molecule has 1 fully saturated rings. The minimum atomic E-state index is -0.699. The number of rotatable bonds is 42. The van der Waals surface area contributed by atoms with Crippen molar-refractivity contribution in [3.05, 3.63) is 0 Å². The van der Waals surface area contributed by atoms with E-state index >= 15 is 0 Å². The SMILES string of the molecule is CCCCCCCCCN(CCCCCCCCC)CCN(CCCCCCCCC)CC(=O)N1CCC(CN(CCCCCCCCC)C(CC)C(=O)O)C1. The van der Waals surface area contributed by atoms with E-state index in [0.29, 0.717) is 18.9 Å². The number of amides is 1. The van der Waals surface area contributed by atoms with Crippen molar-refractivity contribution in [3.63, 3.8) is 0 Å². The van der Waals surface area contributed by atoms with E-state index in [4.69, 9.17) is 0 Å². The first-order chi connectivity index (χ1) is 27.4. The molecule has 2 unspecified atom stereocenters. The lowest BCUT2D eigenvalue weighted by Gasteiger charge is -2.31. The average molecular weight is 791 g/mol. The average Bonchev–Trinajstić information content (AvgIpc) is 3.66. The number of unbranched alkanes of at least 4 members (excludes halogenated alkanes) is 24. The molecule has 0 aromatic rings. The van der Waals surface area contributed by atoms with Gasteiger partial charge in [0, 0.05) is 32.7 Å². The molecule has 1 saturated heterocycles. The van der Waals surface area contributed by atoms with Gasteiger partial charge in [-0.3, -0.25) is 19.4 Å². The van der Waals surface area contributed by atoms with Crippen LogP contribution >= 0.6 is 0 Å². The van der Waals surface area contributed by atoms with Crippen molar-refractivity contribution in [2.24, 2.45) is 5.92 Å². The summed E-state index contributed by atoms with van der Waals surface area (Å²) in [4.78, 5) is 35.8. The summed E-state index contributed by atoms with van der Waals surface area (Å²) in [5, 5.41) is 10.1. The smallest absolute Gasteiger partial charge is 0.320 e. The molecule has 7 heteroatoms. The Bertz CT molecular complexity index is 869. The number of carboxylic acids is 1. The zero-order chi connectivity index (χ0) is 40.9. The summed E-state index contributed by atoms with van der Waals surface area (Å²) < 4.78 is 0. The molecule has 1 amide bonds. The Morgan fingerprint density at radius 2 is 0.893 bits per heavy atom. The van der Waals surface area contributed by atoms with E-state index in [9.17, 15) is 14.7 Å². The topological polar surface area (TPSA) is 67.3 Å². The lowest BCUT2D eigenvalue weighted by atomic mass is 10.0. The van der Waals surface area contributed by atoms with Crippen molar-refractivity contribution < 1.29 is 14.7 Å². The minimum Gasteiger partial charge on any atom is -0.480 e. The second-order valence-electron chi connectivity index (χ2n) is 17.9. The summed E-state index contributed by atoms with van der Waals surface area (Å²) in [6, 6.07) is -0.428. The molecular weight excluding hydrogens is 693 g/mol. The largest absolute Gasteiger partial charge is 0.480 e. The summed E-state index contributed by atoms with van der Waals surface area (Å²) in [5.74, 6) is -0.0617. The van der Waals surface area contributed by atoms with E-state index in [1.54, 1.807) is 0 Å². The van der Waals surface area contributed by atoms with Crippen LogP contribution in [0.4, 0.5) is 0 Å². The van der Waals surface area contributed by atoms with Crippen LogP contribution in [0.2, 0.25) is 0 Å². The molecule has 0 aromatic carbocycles. The van der Waals surface area contributed by atoms with Gasteiger partial charge in [-0.1, -0.05) is 189 Å². The molecule has 1 aliphatic heterocycles. The van der Waals surface area contributed by atoms with Crippen LogP contribution in [0.1, 0.15) is 227 Å². The van der Waals surface area contributed by atoms with Crippen molar-refractivity contribution in [2.45, 2.75) is 233 Å². The van der Waals surface area contributed by atoms with E-state index in [2.05, 4.69) is 47.3 Å². The Labute approximate surface area is 349 Å². The first-order valence-electron chi connectivity index (χ1n) is 25.1. The Morgan fingerprint density at radius 1 is 0.518 bits per heavy atom. The fourth-order valence-electron chi connectivity index (χ4n) is 8.83. The molecule has 1 heterocycles. The van der Waals surface area contributed by atoms with E-state index in [-0.39, 0.29) is 5.91 Å². The van der Waals surface area contributed by atoms with Gasteiger partial charge in [-0.25, -0.2) is 0 Å². The fourth-order valence-corrected chi connectivity index (χ4v) is 8.83. The number of hydrogen-bond acceptors (Lipinski definition) is 5. The Kier molecular flexibility index (Phi) is 35.9. The lowest BCUT2D eigenvalue weighted by molar-refractivity contribution is -0.144. The van der Waals surface area contributed by atoms with Crippen LogP contribution in [0.25, 0.3) is 0 Å². The Balaban J connectivity index is 2.82. The van der Waals surface area contributed by atoms with Crippen molar-refractivity contribution in [1.29, 1.82) is 0 Å². The monoisotopic (exact) mass is 791 g/mol. The van der Waals surface area contributed by atoms with Gasteiger partial charge in [-0.05, 0) is 70.6 Å². The van der Waals surface area contributed by atoms with Crippen LogP contribution in [-0.4, -0.2) is 108 Å². The molecule has 0 saturated carbocycles. The van der Waals surface area contributed by atoms with Gasteiger partial charge in [0.15, 0.2) is 0 Å². The predicted octanol–water partition coefficient (Wildman–Crippen LogP) is 12.6. The van der Waals surface area contributed by atoms with Crippen LogP contribution in [0.3, 0.4) is 0 Å². The molecule has 0 radical (unpaired) electrons. The molecule has 1 rings (SSSR count). The molecule has 1 N–H and O–H groups in total. The maximum Gasteiger partial charge on any atom is 0.320 e. The number of carbonyl (C=O) groups excluding carboxylic acids is 1. The van der Waals surface area contributed by atoms with E-state index in [0.717, 1.165) is 58.7 Å². The normalized spacial score (nSPS) is 15.2. The molecule has 332 valence electrons. The number of carboxylic acid groups (broad SMARTS) is 1. The van der Waals surface area contributed by atoms with E-state index in [1.807, 2.05) is 6.92 Å². The summed E-state index contributed by atoms with van der Waals surface area (Å²) >= 11 is 0. The molecule has 1 aliphatic rings. The van der Waals surface area contributed by atoms with E-state index < -0.39 is 12.0 Å². The van der Waals surface area contributed by atoms with Crippen molar-refractivity contribution in [2.75, 3.05) is 65.4 Å². The third-order valence-electron chi connectivity index (χ3n) is 12.6. The predicted molar refractivity (Wildman–Crippen MR) is 243 cm³/mol. The van der Waals surface area contributed by atoms with Gasteiger partial charge in [0.25, 0.3) is 0 Å². The van der Waals surface area contributed by atoms with Crippen LogP contribution < -0.4 is 0 Å². The number of likely N-dealkylation sites (tertiary alicyclic amines) is 1. The summed E-state index contributed by atoms with van der Waals surface area (Å²) in [7, 11) is 0. The van der Waals surface area contributed by atoms with Gasteiger partial charge < -0.3 is 14.9 Å². The first kappa shape index (κ1) is 52.8. The lowest BCUT2D eigenvalue weighted by Crippen LogP contribution is -2.45. The Morgan fingerprint density at radius 3 is 1.30 bits per heavy atom. The van der Waals surface area contributed by atoms with Gasteiger partial charge in [-0.2, -0.15) is 0 Å². The van der Waals surface area contributed by atoms with E-state index in [1.165, 1.54) is 186 Å². The molecule has 56 heavy (non-hydrogen) atoms. The standard InChI is InChI=1S/C49H98N4O3/c1-6-11-15-19-23-27-31-36-50(37-32-28-24-20-16-12-7-2)41-42-51(38-33-29-25-21-17-13-8-3)45-48(54)53-40-35-46(44-53)43-52(47(10-5)49(55)56)39-34-30-26-22-18-14-9-4/h46-47H,6-45H2,1-5H3,(H,55,56). The quantitative estimate of drug-likeness (QED) is 0.0621. The number of aliphatic carboxylic acids is 1. The first-order valence-corrected chi connectivity index (χ1v) is 25.1. The van der Waals surface area contributed by atoms with Crippen LogP contribution in [0, 0.1) is 5.92 Å². The van der Waals surface area contributed by atoms with Crippen molar-refractivity contribution in [1.82, 2.24) is 19.6 Å². The van der Waals surface area contributed by atoms with Gasteiger partial charge in [0.05, 0.1) is 6.54 Å². The molecule has 0 spiro atoms. The van der Waals surface area contributed by atoms with Crippen molar-refractivity contribution in [3.8, 4) is 0 Å². The van der Waals surface area contributed by atoms with Crippen LogP contribution in [0.5, 0.6) is 0 Å². The summed E-state index contributed by atoms with van der Waals surface area (Å²) in [6.45, 7) is 20.4. The fraction of sp³-hybridized carbons (Fsp3) is 0.959. The number of hydrogen-bond donors (Lipinski definition) is 1. The van der Waals surface area contributed by atoms with Gasteiger partial charge in [0.1, 0.15) is 6.04 Å². The number of carbonyl (C=O) groups is 2. The highest BCUT2D eigenvalue weighted by atomic mass is 16.4. The second-order valence-corrected chi connectivity index (χ2v) is 17.9. The van der Waals surface area contributed by atoms with Gasteiger partial charge >= 0.3 is 5.97 Å². The molecule has 0 bridgehead atoms. The maximum atomic E-state index is 14.0. The number of nitrogens with zero attached hydrogens (tertiary/aromatic N) is 4. The minimum absolute atomic E-state index is 0.282. The highest BCUT2D eigenvalue weighted by molar-refractivity contribution is 5.78. The van der Waals surface area contributed by atoms with Gasteiger partial charge in [0.2, 0.25) is 5.91 Å². The van der Waals surface area contributed by atoms with Crippen LogP contribution in [0.15, 0.2) is 0 Å². The van der Waals surface area contributed by atoms with Gasteiger partial charge in [-0.15, -0.1) is 0 Å². The maximum absolute atomic E-state index is 14.0. The highest BCUT2D eigenvalue weighted by Gasteiger charge is 2.32. The molecule has 7 nitrogen and oxygen atoms in total. The zero-order valence-corrected chi connectivity index (χ0v) is 38.5. The molecule has 2 atom stereocenters. The summed E-state index contributed by atoms with van der Waals surface area (Å²) in [5.41, 5.74) is 0. The van der Waals surface area contributed by atoms with Crippen LogP contribution in [-0.2, 0) is 9.59 Å². The molecular formula is C49H98N4O3. The Hall–Kier alpha value is -1.18. The highest BCUT2D eigenvalue weighted by Crippen LogP contribution is 2.21.